The first-order valence-electron chi connectivity index (χ1n) is 6.07. The van der Waals surface area contributed by atoms with Crippen molar-refractivity contribution in [2.75, 3.05) is 0 Å². The number of para-hydroxylation sites is 1. The molecule has 2 aromatic rings. The van der Waals surface area contributed by atoms with Gasteiger partial charge in [-0.15, -0.1) is 0 Å². The second-order valence-corrected chi connectivity index (χ2v) is 4.46. The molecule has 100 valence electrons. The first kappa shape index (κ1) is 13.1. The van der Waals surface area contributed by atoms with E-state index in [0.717, 1.165) is 0 Å². The van der Waals surface area contributed by atoms with Crippen molar-refractivity contribution in [2.24, 2.45) is 0 Å². The molecule has 0 unspecified atom stereocenters. The van der Waals surface area contributed by atoms with Crippen molar-refractivity contribution < 1.29 is 14.6 Å². The zero-order chi connectivity index (χ0) is 13.8. The minimum Gasteiger partial charge on any atom is -0.489 e. The number of nitrogens with zero attached hydrogens (tertiary/aromatic N) is 2. The van der Waals surface area contributed by atoms with Gasteiger partial charge in [-0.2, -0.15) is 5.10 Å². The van der Waals surface area contributed by atoms with Crippen LogP contribution >= 0.6 is 0 Å². The van der Waals surface area contributed by atoms with Gasteiger partial charge in [0.05, 0.1) is 6.20 Å². The number of carboxylic acid groups (broad SMARTS) is 1. The normalized spacial score (nSPS) is 10.7. The first-order valence-corrected chi connectivity index (χ1v) is 6.07. The van der Waals surface area contributed by atoms with Crippen LogP contribution in [0.1, 0.15) is 35.9 Å². The van der Waals surface area contributed by atoms with Crippen molar-refractivity contribution in [3.63, 3.8) is 0 Å². The van der Waals surface area contributed by atoms with Gasteiger partial charge < -0.3 is 9.84 Å². The molecule has 0 fully saturated rings. The van der Waals surface area contributed by atoms with Gasteiger partial charge in [0.25, 0.3) is 0 Å². The Morgan fingerprint density at radius 2 is 2.05 bits per heavy atom. The largest absolute Gasteiger partial charge is 0.489 e. The third kappa shape index (κ3) is 2.93. The van der Waals surface area contributed by atoms with Gasteiger partial charge in [-0.1, -0.05) is 18.2 Å². The number of rotatable bonds is 5. The minimum absolute atomic E-state index is 0.00317. The number of carbonyl (C=O) groups is 1. The number of hydrogen-bond donors (Lipinski definition) is 1. The van der Waals surface area contributed by atoms with Crippen molar-refractivity contribution >= 4 is 5.97 Å². The molecule has 0 saturated heterocycles. The quantitative estimate of drug-likeness (QED) is 0.897. The van der Waals surface area contributed by atoms with Crippen LogP contribution in [0.5, 0.6) is 5.75 Å². The fraction of sp³-hybridized carbons (Fsp3) is 0.286. The molecule has 5 nitrogen and oxygen atoms in total. The lowest BCUT2D eigenvalue weighted by Crippen LogP contribution is -2.14. The Bertz CT molecular complexity index is 561. The lowest BCUT2D eigenvalue weighted by atomic mass is 10.2. The highest BCUT2D eigenvalue weighted by atomic mass is 16.5. The number of hydrogen-bond acceptors (Lipinski definition) is 3. The molecule has 0 aliphatic rings. The van der Waals surface area contributed by atoms with E-state index in [0.29, 0.717) is 11.3 Å². The molecule has 0 spiro atoms. The van der Waals surface area contributed by atoms with Gasteiger partial charge in [0.1, 0.15) is 12.4 Å². The molecule has 0 saturated carbocycles. The van der Waals surface area contributed by atoms with Crippen molar-refractivity contribution in [1.29, 1.82) is 0 Å². The average molecular weight is 260 g/mol. The Hall–Kier alpha value is -2.30. The molecule has 19 heavy (non-hydrogen) atoms. The number of aromatic carboxylic acids is 1. The topological polar surface area (TPSA) is 64.4 Å². The van der Waals surface area contributed by atoms with Crippen LogP contribution in [0, 0.1) is 0 Å². The fourth-order valence-corrected chi connectivity index (χ4v) is 1.81. The first-order chi connectivity index (χ1) is 9.09. The minimum atomic E-state index is -0.988. The van der Waals surface area contributed by atoms with E-state index in [1.165, 1.54) is 4.68 Å². The van der Waals surface area contributed by atoms with Crippen LogP contribution in [0.15, 0.2) is 36.5 Å². The molecular weight excluding hydrogens is 244 g/mol. The molecule has 0 atom stereocenters. The zero-order valence-corrected chi connectivity index (χ0v) is 10.9. The van der Waals surface area contributed by atoms with E-state index in [1.54, 1.807) is 6.20 Å². The lowest BCUT2D eigenvalue weighted by molar-refractivity contribution is 0.0678. The SMILES string of the molecule is CC(C)n1ncc(COc2ccccc2)c1C(=O)O. The lowest BCUT2D eigenvalue weighted by Gasteiger charge is -2.09. The Labute approximate surface area is 111 Å². The summed E-state index contributed by atoms with van der Waals surface area (Å²) in [5.74, 6) is -0.283. The number of benzene rings is 1. The molecule has 0 aliphatic carbocycles. The second-order valence-electron chi connectivity index (χ2n) is 4.46. The molecule has 1 aromatic heterocycles. The van der Waals surface area contributed by atoms with Gasteiger partial charge in [0.15, 0.2) is 5.69 Å². The van der Waals surface area contributed by atoms with E-state index in [9.17, 15) is 9.90 Å². The van der Waals surface area contributed by atoms with E-state index in [2.05, 4.69) is 5.10 Å². The highest BCUT2D eigenvalue weighted by Crippen LogP contribution is 2.17. The Morgan fingerprint density at radius 3 is 2.63 bits per heavy atom. The number of ether oxygens (including phenoxy) is 1. The van der Waals surface area contributed by atoms with Gasteiger partial charge in [-0.25, -0.2) is 4.79 Å². The summed E-state index contributed by atoms with van der Waals surface area (Å²) in [5.41, 5.74) is 0.760. The van der Waals surface area contributed by atoms with Crippen molar-refractivity contribution in [1.82, 2.24) is 9.78 Å². The maximum atomic E-state index is 11.3. The molecule has 1 N–H and O–H groups in total. The van der Waals surface area contributed by atoms with Crippen LogP contribution in [-0.4, -0.2) is 20.9 Å². The number of aromatic nitrogens is 2. The van der Waals surface area contributed by atoms with Crippen LogP contribution in [0.25, 0.3) is 0 Å². The van der Waals surface area contributed by atoms with Gasteiger partial charge in [-0.05, 0) is 26.0 Å². The van der Waals surface area contributed by atoms with Crippen molar-refractivity contribution in [2.45, 2.75) is 26.5 Å². The third-order valence-corrected chi connectivity index (χ3v) is 2.70. The molecule has 0 amide bonds. The maximum Gasteiger partial charge on any atom is 0.354 e. The molecular formula is C14H16N2O3. The standard InChI is InChI=1S/C14H16N2O3/c1-10(2)16-13(14(17)18)11(8-15-16)9-19-12-6-4-3-5-7-12/h3-8,10H,9H2,1-2H3,(H,17,18). The summed E-state index contributed by atoms with van der Waals surface area (Å²) in [6, 6.07) is 9.28. The summed E-state index contributed by atoms with van der Waals surface area (Å²) >= 11 is 0. The summed E-state index contributed by atoms with van der Waals surface area (Å²) in [6.45, 7) is 3.97. The predicted molar refractivity (Wildman–Crippen MR) is 70.3 cm³/mol. The van der Waals surface area contributed by atoms with E-state index < -0.39 is 5.97 Å². The molecule has 0 aliphatic heterocycles. The summed E-state index contributed by atoms with van der Waals surface area (Å²) in [4.78, 5) is 11.3. The fourth-order valence-electron chi connectivity index (χ4n) is 1.81. The van der Waals surface area contributed by atoms with Crippen LogP contribution in [0.3, 0.4) is 0 Å². The summed E-state index contributed by atoms with van der Waals surface area (Å²) in [7, 11) is 0. The summed E-state index contributed by atoms with van der Waals surface area (Å²) in [6.07, 6.45) is 1.55. The van der Waals surface area contributed by atoms with Gasteiger partial charge >= 0.3 is 5.97 Å². The smallest absolute Gasteiger partial charge is 0.354 e. The van der Waals surface area contributed by atoms with Gasteiger partial charge in [0.2, 0.25) is 0 Å². The second kappa shape index (κ2) is 5.56. The van der Waals surface area contributed by atoms with Crippen LogP contribution in [-0.2, 0) is 6.61 Å². The molecule has 0 radical (unpaired) electrons. The van der Waals surface area contributed by atoms with Gasteiger partial charge in [0, 0.05) is 11.6 Å². The third-order valence-electron chi connectivity index (χ3n) is 2.70. The van der Waals surface area contributed by atoms with E-state index in [-0.39, 0.29) is 18.3 Å². The Morgan fingerprint density at radius 1 is 1.37 bits per heavy atom. The Kier molecular flexibility index (Phi) is 3.85. The molecule has 2 rings (SSSR count). The van der Waals surface area contributed by atoms with Crippen LogP contribution in [0.4, 0.5) is 0 Å². The molecule has 1 aromatic carbocycles. The molecule has 0 bridgehead atoms. The van der Waals surface area contributed by atoms with Crippen molar-refractivity contribution in [3.8, 4) is 5.75 Å². The zero-order valence-electron chi connectivity index (χ0n) is 10.9. The van der Waals surface area contributed by atoms with E-state index in [4.69, 9.17) is 4.74 Å². The predicted octanol–water partition coefficient (Wildman–Crippen LogP) is 2.74. The Balaban J connectivity index is 2.19. The maximum absolute atomic E-state index is 11.3. The number of carboxylic acids is 1. The average Bonchev–Trinajstić information content (AvgIpc) is 2.81. The monoisotopic (exact) mass is 260 g/mol. The molecule has 5 heteroatoms. The highest BCUT2D eigenvalue weighted by molar-refractivity contribution is 5.87. The van der Waals surface area contributed by atoms with E-state index >= 15 is 0 Å². The molecule has 1 heterocycles. The van der Waals surface area contributed by atoms with Crippen LogP contribution in [0.2, 0.25) is 0 Å². The van der Waals surface area contributed by atoms with Crippen molar-refractivity contribution in [3.05, 3.63) is 47.8 Å². The van der Waals surface area contributed by atoms with E-state index in [1.807, 2.05) is 44.2 Å². The van der Waals surface area contributed by atoms with Gasteiger partial charge in [-0.3, -0.25) is 4.68 Å². The highest BCUT2D eigenvalue weighted by Gasteiger charge is 2.19. The summed E-state index contributed by atoms with van der Waals surface area (Å²) in [5, 5.41) is 13.4. The summed E-state index contributed by atoms with van der Waals surface area (Å²) < 4.78 is 7.05. The van der Waals surface area contributed by atoms with Crippen LogP contribution < -0.4 is 4.74 Å².